The average Bonchev–Trinajstić information content (AvgIpc) is 2.76. The molecule has 2 rings (SSSR count). The van der Waals surface area contributed by atoms with Gasteiger partial charge in [-0.3, -0.25) is 0 Å². The average molecular weight is 331 g/mol. The second kappa shape index (κ2) is 6.22. The van der Waals surface area contributed by atoms with Crippen molar-refractivity contribution in [3.8, 4) is 0 Å². The molecule has 0 aliphatic heterocycles. The topological polar surface area (TPSA) is 59.1 Å². The maximum atomic E-state index is 11.7. The van der Waals surface area contributed by atoms with Crippen LogP contribution in [-0.2, 0) is 22.9 Å². The predicted molar refractivity (Wildman–Crippen MR) is 82.0 cm³/mol. The van der Waals surface area contributed by atoms with Gasteiger partial charge in [0.25, 0.3) is 0 Å². The molecule has 0 atom stereocenters. The molecular formula is C13H15ClN2O2S2. The zero-order valence-electron chi connectivity index (χ0n) is 11.2. The third kappa shape index (κ3) is 3.79. The Hall–Kier alpha value is -0.950. The van der Waals surface area contributed by atoms with E-state index in [1.807, 2.05) is 12.3 Å². The molecule has 108 valence electrons. The fourth-order valence-corrected chi connectivity index (χ4v) is 3.83. The van der Waals surface area contributed by atoms with E-state index in [9.17, 15) is 8.42 Å². The zero-order chi connectivity index (χ0) is 14.8. The highest BCUT2D eigenvalue weighted by Crippen LogP contribution is 2.24. The lowest BCUT2D eigenvalue weighted by atomic mass is 10.2. The third-order valence-electron chi connectivity index (χ3n) is 2.72. The molecule has 0 bridgehead atoms. The van der Waals surface area contributed by atoms with Gasteiger partial charge < -0.3 is 5.32 Å². The number of aryl methyl sites for hydroxylation is 1. The van der Waals surface area contributed by atoms with Gasteiger partial charge in [-0.25, -0.2) is 13.4 Å². The van der Waals surface area contributed by atoms with E-state index in [1.54, 1.807) is 29.5 Å². The first-order valence-electron chi connectivity index (χ1n) is 5.97. The van der Waals surface area contributed by atoms with E-state index in [-0.39, 0.29) is 4.90 Å². The normalized spacial score (nSPS) is 11.8. The van der Waals surface area contributed by atoms with Gasteiger partial charge in [-0.15, -0.1) is 11.3 Å². The molecule has 7 heteroatoms. The van der Waals surface area contributed by atoms with Crippen LogP contribution >= 0.6 is 22.9 Å². The van der Waals surface area contributed by atoms with E-state index >= 15 is 0 Å². The molecule has 0 saturated heterocycles. The van der Waals surface area contributed by atoms with E-state index in [0.717, 1.165) is 10.7 Å². The van der Waals surface area contributed by atoms with E-state index in [0.29, 0.717) is 23.7 Å². The van der Waals surface area contributed by atoms with Gasteiger partial charge in [0.05, 0.1) is 4.90 Å². The van der Waals surface area contributed by atoms with Gasteiger partial charge in [0.1, 0.15) is 5.01 Å². The molecule has 1 N–H and O–H groups in total. The minimum atomic E-state index is -3.28. The Morgan fingerprint density at radius 3 is 2.70 bits per heavy atom. The monoisotopic (exact) mass is 330 g/mol. The fraction of sp³-hybridized carbons (Fsp3) is 0.308. The van der Waals surface area contributed by atoms with Crippen LogP contribution in [0.15, 0.2) is 28.5 Å². The molecule has 0 aliphatic carbocycles. The zero-order valence-corrected chi connectivity index (χ0v) is 13.6. The Balaban J connectivity index is 2.13. The van der Waals surface area contributed by atoms with Crippen molar-refractivity contribution in [1.29, 1.82) is 0 Å². The number of aromatic nitrogens is 1. The quantitative estimate of drug-likeness (QED) is 0.915. The molecule has 0 unspecified atom stereocenters. The fourth-order valence-electron chi connectivity index (χ4n) is 1.84. The summed E-state index contributed by atoms with van der Waals surface area (Å²) in [4.78, 5) is 4.61. The molecule has 0 saturated carbocycles. The number of thiazole rings is 1. The lowest BCUT2D eigenvalue weighted by molar-refractivity contribution is 0.598. The number of nitrogens with zero attached hydrogens (tertiary/aromatic N) is 1. The Bertz CT molecular complexity index is 711. The molecule has 0 amide bonds. The Morgan fingerprint density at radius 2 is 2.10 bits per heavy atom. The number of halogens is 1. The summed E-state index contributed by atoms with van der Waals surface area (Å²) in [5, 5.41) is 6.59. The highest BCUT2D eigenvalue weighted by atomic mass is 35.5. The molecule has 2 aromatic rings. The van der Waals surface area contributed by atoms with Crippen LogP contribution in [0.4, 0.5) is 0 Å². The van der Waals surface area contributed by atoms with Crippen LogP contribution in [0.1, 0.15) is 16.3 Å². The van der Waals surface area contributed by atoms with Gasteiger partial charge in [-0.05, 0) is 19.1 Å². The van der Waals surface area contributed by atoms with Crippen LogP contribution in [0.2, 0.25) is 5.02 Å². The van der Waals surface area contributed by atoms with E-state index < -0.39 is 9.84 Å². The lowest BCUT2D eigenvalue weighted by Gasteiger charge is -2.10. The number of hydrogen-bond donors (Lipinski definition) is 1. The van der Waals surface area contributed by atoms with Crippen molar-refractivity contribution in [2.24, 2.45) is 0 Å². The summed E-state index contributed by atoms with van der Waals surface area (Å²) in [5.74, 6) is 0. The summed E-state index contributed by atoms with van der Waals surface area (Å²) in [7, 11) is -3.28. The Labute approximate surface area is 127 Å². The number of rotatable bonds is 5. The summed E-state index contributed by atoms with van der Waals surface area (Å²) >= 11 is 7.68. The molecule has 0 spiro atoms. The molecule has 20 heavy (non-hydrogen) atoms. The predicted octanol–water partition coefficient (Wildman–Crippen LogP) is 2.80. The third-order valence-corrected chi connectivity index (χ3v) is 5.22. The largest absolute Gasteiger partial charge is 0.306 e. The summed E-state index contributed by atoms with van der Waals surface area (Å²) in [6, 6.07) is 4.92. The molecule has 0 fully saturated rings. The van der Waals surface area contributed by atoms with Gasteiger partial charge in [-0.1, -0.05) is 17.7 Å². The summed E-state index contributed by atoms with van der Waals surface area (Å²) in [5.41, 5.74) is 1.59. The van der Waals surface area contributed by atoms with Crippen LogP contribution in [0, 0.1) is 6.92 Å². The minimum Gasteiger partial charge on any atom is -0.306 e. The Kier molecular flexibility index (Phi) is 4.80. The first kappa shape index (κ1) is 15.4. The van der Waals surface area contributed by atoms with Gasteiger partial charge in [0.2, 0.25) is 0 Å². The maximum Gasteiger partial charge on any atom is 0.175 e. The molecule has 0 aliphatic rings. The molecular weight excluding hydrogens is 316 g/mol. The number of benzene rings is 1. The van der Waals surface area contributed by atoms with Crippen molar-refractivity contribution in [2.75, 3.05) is 6.26 Å². The maximum absolute atomic E-state index is 11.7. The smallest absolute Gasteiger partial charge is 0.175 e. The van der Waals surface area contributed by atoms with E-state index in [2.05, 4.69) is 10.3 Å². The van der Waals surface area contributed by atoms with Crippen LogP contribution in [0.5, 0.6) is 0 Å². The van der Waals surface area contributed by atoms with E-state index in [1.165, 1.54) is 6.26 Å². The molecule has 1 aromatic carbocycles. The van der Waals surface area contributed by atoms with Gasteiger partial charge in [0, 0.05) is 41.0 Å². The number of hydrogen-bond acceptors (Lipinski definition) is 5. The van der Waals surface area contributed by atoms with Crippen molar-refractivity contribution in [3.05, 3.63) is 44.9 Å². The van der Waals surface area contributed by atoms with Crippen molar-refractivity contribution in [3.63, 3.8) is 0 Å². The highest BCUT2D eigenvalue weighted by molar-refractivity contribution is 7.90. The number of sulfone groups is 1. The second-order valence-corrected chi connectivity index (χ2v) is 7.81. The van der Waals surface area contributed by atoms with Crippen LogP contribution < -0.4 is 5.32 Å². The van der Waals surface area contributed by atoms with Crippen LogP contribution in [0.25, 0.3) is 0 Å². The molecule has 0 radical (unpaired) electrons. The first-order chi connectivity index (χ1) is 9.38. The number of nitrogens with one attached hydrogen (secondary N) is 1. The van der Waals surface area contributed by atoms with Gasteiger partial charge in [0.15, 0.2) is 9.84 Å². The van der Waals surface area contributed by atoms with Crippen molar-refractivity contribution in [2.45, 2.75) is 24.9 Å². The second-order valence-electron chi connectivity index (χ2n) is 4.47. The van der Waals surface area contributed by atoms with Crippen molar-refractivity contribution >= 4 is 32.8 Å². The Morgan fingerprint density at radius 1 is 1.35 bits per heavy atom. The summed E-state index contributed by atoms with van der Waals surface area (Å²) < 4.78 is 23.5. The standard InChI is InChI=1S/C13H15ClN2O2S2/c1-9-8-19-13(16-9)7-15-6-10-11(14)4-3-5-12(10)20(2,17)18/h3-5,8,15H,6-7H2,1-2H3. The minimum absolute atomic E-state index is 0.271. The summed E-state index contributed by atoms with van der Waals surface area (Å²) in [6.07, 6.45) is 1.19. The lowest BCUT2D eigenvalue weighted by Crippen LogP contribution is -2.15. The van der Waals surface area contributed by atoms with E-state index in [4.69, 9.17) is 11.6 Å². The van der Waals surface area contributed by atoms with Gasteiger partial charge >= 0.3 is 0 Å². The van der Waals surface area contributed by atoms with Crippen molar-refractivity contribution < 1.29 is 8.42 Å². The van der Waals surface area contributed by atoms with Crippen molar-refractivity contribution in [1.82, 2.24) is 10.3 Å². The summed E-state index contributed by atoms with van der Waals surface area (Å²) in [6.45, 7) is 2.92. The van der Waals surface area contributed by atoms with Crippen LogP contribution in [0.3, 0.4) is 0 Å². The van der Waals surface area contributed by atoms with Crippen LogP contribution in [-0.4, -0.2) is 19.7 Å². The molecule has 1 aromatic heterocycles. The first-order valence-corrected chi connectivity index (χ1v) is 9.12. The highest BCUT2D eigenvalue weighted by Gasteiger charge is 2.15. The molecule has 4 nitrogen and oxygen atoms in total. The SMILES string of the molecule is Cc1csc(CNCc2c(Cl)cccc2S(C)(=O)=O)n1. The molecule has 1 heterocycles. The van der Waals surface area contributed by atoms with Gasteiger partial charge in [-0.2, -0.15) is 0 Å².